The maximum absolute atomic E-state index is 10.7. The van der Waals surface area contributed by atoms with Gasteiger partial charge in [-0.3, -0.25) is 0 Å². The molecule has 0 aliphatic heterocycles. The van der Waals surface area contributed by atoms with Crippen LogP contribution in [0.2, 0.25) is 0 Å². The number of hydrogen-bond donors (Lipinski definition) is 2. The molecule has 1 aromatic rings. The maximum atomic E-state index is 10.7. The minimum Gasteiger partial charge on any atom is -0.478 e. The Hall–Kier alpha value is -1.87. The second-order valence-electron chi connectivity index (χ2n) is 3.79. The number of hydrogen-bond acceptors (Lipinski definition) is 2. The molecule has 0 radical (unpaired) electrons. The van der Waals surface area contributed by atoms with Gasteiger partial charge in [0.15, 0.2) is 0 Å². The first-order chi connectivity index (χ1) is 7.62. The highest BCUT2D eigenvalue weighted by molar-refractivity contribution is 5.90. The van der Waals surface area contributed by atoms with Crippen LogP contribution in [0.1, 0.15) is 12.0 Å². The summed E-state index contributed by atoms with van der Waals surface area (Å²) in [5, 5.41) is 19.1. The van der Waals surface area contributed by atoms with E-state index in [4.69, 9.17) is 5.11 Å². The van der Waals surface area contributed by atoms with Crippen LogP contribution in [-0.2, 0) is 10.4 Å². The third-order valence-electron chi connectivity index (χ3n) is 2.69. The third-order valence-corrected chi connectivity index (χ3v) is 2.69. The van der Waals surface area contributed by atoms with Crippen molar-refractivity contribution in [1.29, 1.82) is 0 Å². The smallest absolute Gasteiger partial charge is 0.335 e. The van der Waals surface area contributed by atoms with E-state index in [1.54, 1.807) is 0 Å². The van der Waals surface area contributed by atoms with Crippen molar-refractivity contribution in [3.63, 3.8) is 0 Å². The summed E-state index contributed by atoms with van der Waals surface area (Å²) in [6, 6.07) is 9.21. The van der Waals surface area contributed by atoms with Crippen LogP contribution in [0.5, 0.6) is 0 Å². The van der Waals surface area contributed by atoms with Gasteiger partial charge in [-0.25, -0.2) is 4.79 Å². The molecule has 1 aliphatic rings. The van der Waals surface area contributed by atoms with Gasteiger partial charge in [0.25, 0.3) is 0 Å². The molecule has 0 spiro atoms. The van der Waals surface area contributed by atoms with Crippen LogP contribution in [0.15, 0.2) is 54.1 Å². The van der Waals surface area contributed by atoms with Crippen molar-refractivity contribution >= 4 is 5.97 Å². The number of aliphatic carboxylic acids is 1. The first kappa shape index (κ1) is 10.6. The van der Waals surface area contributed by atoms with Gasteiger partial charge in [0.05, 0.1) is 5.57 Å². The van der Waals surface area contributed by atoms with Gasteiger partial charge in [0.2, 0.25) is 0 Å². The highest BCUT2D eigenvalue weighted by Crippen LogP contribution is 2.31. The van der Waals surface area contributed by atoms with Gasteiger partial charge < -0.3 is 10.2 Å². The van der Waals surface area contributed by atoms with Gasteiger partial charge in [0.1, 0.15) is 5.60 Å². The van der Waals surface area contributed by atoms with Crippen molar-refractivity contribution in [2.75, 3.05) is 0 Å². The molecule has 0 heterocycles. The van der Waals surface area contributed by atoms with Crippen molar-refractivity contribution in [1.82, 2.24) is 0 Å². The summed E-state index contributed by atoms with van der Waals surface area (Å²) in [5.74, 6) is -0.966. The zero-order valence-corrected chi connectivity index (χ0v) is 8.63. The summed E-state index contributed by atoms with van der Waals surface area (Å²) < 4.78 is 0. The van der Waals surface area contributed by atoms with Crippen LogP contribution < -0.4 is 0 Å². The SMILES string of the molecule is O=C(O)C1=CCC(O)(c2ccccc2)C=C1. The van der Waals surface area contributed by atoms with Gasteiger partial charge in [-0.1, -0.05) is 36.4 Å². The number of aliphatic hydroxyl groups is 1. The van der Waals surface area contributed by atoms with E-state index < -0.39 is 11.6 Å². The molecule has 1 atom stereocenters. The summed E-state index contributed by atoms with van der Waals surface area (Å²) in [7, 11) is 0. The van der Waals surface area contributed by atoms with Crippen LogP contribution in [0, 0.1) is 0 Å². The van der Waals surface area contributed by atoms with E-state index in [-0.39, 0.29) is 12.0 Å². The molecule has 16 heavy (non-hydrogen) atoms. The van der Waals surface area contributed by atoms with E-state index in [9.17, 15) is 9.90 Å². The summed E-state index contributed by atoms with van der Waals surface area (Å²) in [5.41, 5.74) is -0.0900. The molecule has 0 saturated carbocycles. The zero-order valence-electron chi connectivity index (χ0n) is 8.63. The molecular formula is C13H12O3. The maximum Gasteiger partial charge on any atom is 0.335 e. The molecule has 0 amide bonds. The Labute approximate surface area is 93.4 Å². The molecule has 0 fully saturated rings. The minimum absolute atomic E-state index is 0.223. The Kier molecular flexibility index (Phi) is 2.62. The first-order valence-corrected chi connectivity index (χ1v) is 5.02. The summed E-state index contributed by atoms with van der Waals surface area (Å²) >= 11 is 0. The van der Waals surface area contributed by atoms with Gasteiger partial charge >= 0.3 is 5.97 Å². The van der Waals surface area contributed by atoms with Crippen LogP contribution in [-0.4, -0.2) is 16.2 Å². The predicted molar refractivity (Wildman–Crippen MR) is 59.8 cm³/mol. The Morgan fingerprint density at radius 3 is 2.44 bits per heavy atom. The molecule has 82 valence electrons. The second-order valence-corrected chi connectivity index (χ2v) is 3.79. The van der Waals surface area contributed by atoms with Crippen molar-refractivity contribution in [3.05, 3.63) is 59.7 Å². The standard InChI is InChI=1S/C13H12O3/c14-12(15)10-6-8-13(16,9-7-10)11-4-2-1-3-5-11/h1-8,16H,9H2,(H,14,15). The molecule has 0 bridgehead atoms. The van der Waals surface area contributed by atoms with E-state index in [1.165, 1.54) is 18.2 Å². The monoisotopic (exact) mass is 216 g/mol. The Bertz CT molecular complexity index is 459. The lowest BCUT2D eigenvalue weighted by molar-refractivity contribution is -0.132. The number of benzene rings is 1. The molecule has 0 saturated heterocycles. The Morgan fingerprint density at radius 2 is 1.94 bits per heavy atom. The molecule has 1 aromatic carbocycles. The quantitative estimate of drug-likeness (QED) is 0.793. The average Bonchev–Trinajstić information content (AvgIpc) is 2.31. The minimum atomic E-state index is -1.08. The molecule has 2 rings (SSSR count). The van der Waals surface area contributed by atoms with E-state index in [0.717, 1.165) is 5.56 Å². The molecule has 0 aromatic heterocycles. The summed E-state index contributed by atoms with van der Waals surface area (Å²) in [6.07, 6.45) is 4.80. The van der Waals surface area contributed by atoms with Crippen LogP contribution in [0.25, 0.3) is 0 Å². The van der Waals surface area contributed by atoms with E-state index >= 15 is 0 Å². The zero-order chi connectivity index (χ0) is 11.6. The number of carboxylic acids is 1. The highest BCUT2D eigenvalue weighted by Gasteiger charge is 2.28. The van der Waals surface area contributed by atoms with Crippen LogP contribution in [0.4, 0.5) is 0 Å². The lowest BCUT2D eigenvalue weighted by Gasteiger charge is -2.26. The fourth-order valence-corrected chi connectivity index (χ4v) is 1.73. The fraction of sp³-hybridized carbons (Fsp3) is 0.154. The molecule has 1 unspecified atom stereocenters. The Balaban J connectivity index is 2.27. The number of carbonyl (C=O) groups is 1. The van der Waals surface area contributed by atoms with Crippen LogP contribution in [0.3, 0.4) is 0 Å². The molecular weight excluding hydrogens is 204 g/mol. The van der Waals surface area contributed by atoms with Gasteiger partial charge in [-0.05, 0) is 17.7 Å². The lowest BCUT2D eigenvalue weighted by atomic mass is 9.86. The fourth-order valence-electron chi connectivity index (χ4n) is 1.73. The van der Waals surface area contributed by atoms with E-state index in [0.29, 0.717) is 0 Å². The average molecular weight is 216 g/mol. The van der Waals surface area contributed by atoms with Crippen molar-refractivity contribution in [2.45, 2.75) is 12.0 Å². The van der Waals surface area contributed by atoms with Crippen molar-refractivity contribution in [2.24, 2.45) is 0 Å². The van der Waals surface area contributed by atoms with Crippen LogP contribution >= 0.6 is 0 Å². The van der Waals surface area contributed by atoms with E-state index in [2.05, 4.69) is 0 Å². The topological polar surface area (TPSA) is 57.5 Å². The van der Waals surface area contributed by atoms with E-state index in [1.807, 2.05) is 30.3 Å². The molecule has 3 heteroatoms. The molecule has 2 N–H and O–H groups in total. The van der Waals surface area contributed by atoms with Gasteiger partial charge in [0, 0.05) is 6.42 Å². The van der Waals surface area contributed by atoms with Crippen molar-refractivity contribution < 1.29 is 15.0 Å². The lowest BCUT2D eigenvalue weighted by Crippen LogP contribution is -2.24. The third kappa shape index (κ3) is 1.90. The number of carboxylic acid groups (broad SMARTS) is 1. The van der Waals surface area contributed by atoms with Gasteiger partial charge in [-0.2, -0.15) is 0 Å². The summed E-state index contributed by atoms with van der Waals surface area (Å²) in [6.45, 7) is 0. The number of rotatable bonds is 2. The molecule has 1 aliphatic carbocycles. The second kappa shape index (κ2) is 3.94. The Morgan fingerprint density at radius 1 is 1.25 bits per heavy atom. The van der Waals surface area contributed by atoms with Gasteiger partial charge in [-0.15, -0.1) is 0 Å². The van der Waals surface area contributed by atoms with Crippen molar-refractivity contribution in [3.8, 4) is 0 Å². The summed E-state index contributed by atoms with van der Waals surface area (Å²) in [4.78, 5) is 10.7. The first-order valence-electron chi connectivity index (χ1n) is 5.02. The normalized spacial score (nSPS) is 23.9. The molecule has 3 nitrogen and oxygen atoms in total. The largest absolute Gasteiger partial charge is 0.478 e. The highest BCUT2D eigenvalue weighted by atomic mass is 16.4. The predicted octanol–water partition coefficient (Wildman–Crippen LogP) is 1.85.